The second-order valence-corrected chi connectivity index (χ2v) is 7.30. The molecule has 0 radical (unpaired) electrons. The first kappa shape index (κ1) is 16.8. The highest BCUT2D eigenvalue weighted by Gasteiger charge is 2.38. The second kappa shape index (κ2) is 6.47. The predicted molar refractivity (Wildman–Crippen MR) is 70.6 cm³/mol. The van der Waals surface area contributed by atoms with Crippen molar-refractivity contribution in [1.82, 2.24) is 9.03 Å². The van der Waals surface area contributed by atoms with E-state index in [1.807, 2.05) is 13.8 Å². The van der Waals surface area contributed by atoms with Gasteiger partial charge in [0.2, 0.25) is 0 Å². The van der Waals surface area contributed by atoms with Crippen LogP contribution < -0.4 is 4.72 Å². The van der Waals surface area contributed by atoms with Gasteiger partial charge < -0.3 is 15.3 Å². The molecule has 0 saturated carbocycles. The summed E-state index contributed by atoms with van der Waals surface area (Å²) in [5.41, 5.74) is -1.62. The molecule has 4 N–H and O–H groups in total. The second-order valence-electron chi connectivity index (χ2n) is 5.62. The summed E-state index contributed by atoms with van der Waals surface area (Å²) in [5, 5.41) is 27.5. The molecule has 0 spiro atoms. The third-order valence-corrected chi connectivity index (χ3v) is 5.10. The van der Waals surface area contributed by atoms with E-state index in [0.717, 1.165) is 6.42 Å². The van der Waals surface area contributed by atoms with E-state index in [2.05, 4.69) is 4.72 Å². The van der Waals surface area contributed by atoms with Crippen LogP contribution in [-0.2, 0) is 10.2 Å². The number of aliphatic hydroxyl groups excluding tert-OH is 3. The SMILES string of the molecule is CC1CC(C)CN(S(=O)(=O)NC(CO)(CO)CO)C1. The summed E-state index contributed by atoms with van der Waals surface area (Å²) in [5.74, 6) is 0.513. The number of aliphatic hydroxyl groups is 3. The predicted octanol–water partition coefficient (Wildman–Crippen LogP) is -1.49. The molecule has 1 aliphatic rings. The smallest absolute Gasteiger partial charge is 0.280 e. The van der Waals surface area contributed by atoms with Crippen LogP contribution in [0.1, 0.15) is 20.3 Å². The molecule has 1 aliphatic heterocycles. The zero-order valence-corrected chi connectivity index (χ0v) is 12.2. The number of rotatable bonds is 6. The largest absolute Gasteiger partial charge is 0.394 e. The van der Waals surface area contributed by atoms with Crippen LogP contribution >= 0.6 is 0 Å². The Morgan fingerprint density at radius 1 is 1.11 bits per heavy atom. The van der Waals surface area contributed by atoms with E-state index in [9.17, 15) is 23.7 Å². The maximum absolute atomic E-state index is 12.3. The molecular formula is C11H24N2O5S. The van der Waals surface area contributed by atoms with Gasteiger partial charge in [0.05, 0.1) is 19.8 Å². The molecular weight excluding hydrogens is 272 g/mol. The summed E-state index contributed by atoms with van der Waals surface area (Å²) in [6.45, 7) is 2.76. The minimum absolute atomic E-state index is 0.257. The average molecular weight is 296 g/mol. The van der Waals surface area contributed by atoms with Crippen LogP contribution in [0.4, 0.5) is 0 Å². The fourth-order valence-electron chi connectivity index (χ4n) is 2.39. The number of piperidine rings is 1. The van der Waals surface area contributed by atoms with Gasteiger partial charge in [-0.1, -0.05) is 13.8 Å². The van der Waals surface area contributed by atoms with Crippen molar-refractivity contribution in [3.05, 3.63) is 0 Å². The van der Waals surface area contributed by atoms with Crippen molar-refractivity contribution in [2.75, 3.05) is 32.9 Å². The van der Waals surface area contributed by atoms with E-state index in [-0.39, 0.29) is 11.8 Å². The summed E-state index contributed by atoms with van der Waals surface area (Å²) < 4.78 is 28.0. The fourth-order valence-corrected chi connectivity index (χ4v) is 4.16. The average Bonchev–Trinajstić information content (AvgIpc) is 2.35. The maximum Gasteiger partial charge on any atom is 0.280 e. The molecule has 114 valence electrons. The molecule has 1 heterocycles. The molecule has 1 rings (SSSR count). The summed E-state index contributed by atoms with van der Waals surface area (Å²) in [6.07, 6.45) is 0.969. The number of nitrogens with zero attached hydrogens (tertiary/aromatic N) is 1. The first-order valence-corrected chi connectivity index (χ1v) is 7.84. The molecule has 0 aromatic heterocycles. The third kappa shape index (κ3) is 4.11. The Bertz CT molecular complexity index is 364. The van der Waals surface area contributed by atoms with Crippen molar-refractivity contribution in [3.63, 3.8) is 0 Å². The fraction of sp³-hybridized carbons (Fsp3) is 1.00. The van der Waals surface area contributed by atoms with Crippen LogP contribution in [0.3, 0.4) is 0 Å². The summed E-state index contributed by atoms with van der Waals surface area (Å²) in [6, 6.07) is 0. The van der Waals surface area contributed by atoms with Gasteiger partial charge in [-0.2, -0.15) is 17.4 Å². The van der Waals surface area contributed by atoms with E-state index in [1.165, 1.54) is 4.31 Å². The summed E-state index contributed by atoms with van der Waals surface area (Å²) in [4.78, 5) is 0. The Morgan fingerprint density at radius 2 is 1.53 bits per heavy atom. The molecule has 0 aliphatic carbocycles. The number of hydrogen-bond donors (Lipinski definition) is 4. The maximum atomic E-state index is 12.3. The van der Waals surface area contributed by atoms with Crippen molar-refractivity contribution < 1.29 is 23.7 Å². The van der Waals surface area contributed by atoms with Crippen molar-refractivity contribution >= 4 is 10.2 Å². The summed E-state index contributed by atoms with van der Waals surface area (Å²) >= 11 is 0. The lowest BCUT2D eigenvalue weighted by Gasteiger charge is -2.37. The van der Waals surface area contributed by atoms with Crippen LogP contribution in [0.5, 0.6) is 0 Å². The molecule has 1 fully saturated rings. The van der Waals surface area contributed by atoms with E-state index < -0.39 is 35.6 Å². The first-order valence-electron chi connectivity index (χ1n) is 6.40. The van der Waals surface area contributed by atoms with Crippen LogP contribution in [0, 0.1) is 11.8 Å². The molecule has 1 saturated heterocycles. The molecule has 7 nitrogen and oxygen atoms in total. The van der Waals surface area contributed by atoms with Crippen molar-refractivity contribution in [2.45, 2.75) is 25.8 Å². The molecule has 0 aromatic rings. The summed E-state index contributed by atoms with van der Waals surface area (Å²) in [7, 11) is -3.84. The molecule has 0 bridgehead atoms. The normalized spacial score (nSPS) is 26.6. The van der Waals surface area contributed by atoms with E-state index in [0.29, 0.717) is 13.1 Å². The number of nitrogens with one attached hydrogen (secondary N) is 1. The van der Waals surface area contributed by atoms with Crippen LogP contribution in [-0.4, -0.2) is 66.5 Å². The van der Waals surface area contributed by atoms with E-state index in [4.69, 9.17) is 0 Å². The van der Waals surface area contributed by atoms with Gasteiger partial charge in [-0.3, -0.25) is 0 Å². The van der Waals surface area contributed by atoms with E-state index >= 15 is 0 Å². The van der Waals surface area contributed by atoms with Gasteiger partial charge in [0, 0.05) is 13.1 Å². The van der Waals surface area contributed by atoms with Crippen LogP contribution in [0.25, 0.3) is 0 Å². The lowest BCUT2D eigenvalue weighted by Crippen LogP contribution is -2.61. The lowest BCUT2D eigenvalue weighted by molar-refractivity contribution is 0.0561. The van der Waals surface area contributed by atoms with Crippen LogP contribution in [0.2, 0.25) is 0 Å². The zero-order valence-electron chi connectivity index (χ0n) is 11.4. The van der Waals surface area contributed by atoms with Crippen molar-refractivity contribution in [1.29, 1.82) is 0 Å². The zero-order chi connectivity index (χ0) is 14.7. The Hall–Kier alpha value is -0.250. The molecule has 8 heteroatoms. The molecule has 2 atom stereocenters. The van der Waals surface area contributed by atoms with Crippen LogP contribution in [0.15, 0.2) is 0 Å². The standard InChI is InChI=1S/C11H24N2O5S/c1-9-3-10(2)5-13(4-9)19(17,18)12-11(6-14,7-15)8-16/h9-10,12,14-16H,3-8H2,1-2H3. The highest BCUT2D eigenvalue weighted by atomic mass is 32.2. The monoisotopic (exact) mass is 296 g/mol. The molecule has 19 heavy (non-hydrogen) atoms. The van der Waals surface area contributed by atoms with Gasteiger partial charge in [0.1, 0.15) is 5.54 Å². The minimum atomic E-state index is -3.84. The third-order valence-electron chi connectivity index (χ3n) is 3.43. The van der Waals surface area contributed by atoms with Crippen molar-refractivity contribution in [3.8, 4) is 0 Å². The topological polar surface area (TPSA) is 110 Å². The number of hydrogen-bond acceptors (Lipinski definition) is 5. The minimum Gasteiger partial charge on any atom is -0.394 e. The highest BCUT2D eigenvalue weighted by Crippen LogP contribution is 2.23. The molecule has 0 aromatic carbocycles. The van der Waals surface area contributed by atoms with Gasteiger partial charge in [-0.15, -0.1) is 0 Å². The Labute approximate surface area is 114 Å². The van der Waals surface area contributed by atoms with E-state index in [1.54, 1.807) is 0 Å². The lowest BCUT2D eigenvalue weighted by atomic mass is 9.94. The Balaban J connectivity index is 2.85. The van der Waals surface area contributed by atoms with Gasteiger partial charge >= 0.3 is 0 Å². The van der Waals surface area contributed by atoms with Gasteiger partial charge in [-0.25, -0.2) is 0 Å². The molecule has 0 amide bonds. The first-order chi connectivity index (χ1) is 8.78. The Morgan fingerprint density at radius 3 is 1.89 bits per heavy atom. The van der Waals surface area contributed by atoms with Gasteiger partial charge in [0.25, 0.3) is 10.2 Å². The van der Waals surface area contributed by atoms with Gasteiger partial charge in [0.15, 0.2) is 0 Å². The highest BCUT2D eigenvalue weighted by molar-refractivity contribution is 7.87. The van der Waals surface area contributed by atoms with Gasteiger partial charge in [-0.05, 0) is 18.3 Å². The quantitative estimate of drug-likeness (QED) is 0.477. The molecule has 2 unspecified atom stereocenters. The van der Waals surface area contributed by atoms with Crippen molar-refractivity contribution in [2.24, 2.45) is 11.8 Å². The Kier molecular flexibility index (Phi) is 5.72.